The number of nitrogens with one attached hydrogen (secondary N) is 2. The summed E-state index contributed by atoms with van der Waals surface area (Å²) in [5, 5.41) is 3.09. The normalized spacial score (nSPS) is 14.4. The highest BCUT2D eigenvalue weighted by atomic mass is 16.6. The largest absolute Gasteiger partial charge is 0.486 e. The number of hydrogen-bond donors (Lipinski definition) is 2. The van der Waals surface area contributed by atoms with Gasteiger partial charge < -0.3 is 19.7 Å². The first kappa shape index (κ1) is 19.6. The van der Waals surface area contributed by atoms with Gasteiger partial charge in [0, 0.05) is 18.2 Å². The molecule has 140 valence electrons. The molecule has 1 aliphatic rings. The van der Waals surface area contributed by atoms with Gasteiger partial charge >= 0.3 is 0 Å². The van der Waals surface area contributed by atoms with Gasteiger partial charge in [0.1, 0.15) is 13.2 Å². The predicted molar refractivity (Wildman–Crippen MR) is 101 cm³/mol. The summed E-state index contributed by atoms with van der Waals surface area (Å²) in [6, 6.07) is 5.61. The third kappa shape index (κ3) is 5.63. The molecule has 1 amide bonds. The monoisotopic (exact) mass is 349 g/mol. The number of unbranched alkanes of at least 4 members (excludes halogenated alkanes) is 3. The van der Waals surface area contributed by atoms with E-state index in [4.69, 9.17) is 9.47 Å². The van der Waals surface area contributed by atoms with Gasteiger partial charge in [-0.1, -0.05) is 26.2 Å². The molecule has 1 aromatic carbocycles. The summed E-state index contributed by atoms with van der Waals surface area (Å²) in [4.78, 5) is 14.2. The zero-order chi connectivity index (χ0) is 18.1. The van der Waals surface area contributed by atoms with Crippen molar-refractivity contribution in [2.45, 2.75) is 58.9 Å². The van der Waals surface area contributed by atoms with E-state index in [1.807, 2.05) is 18.2 Å². The van der Waals surface area contributed by atoms with E-state index in [2.05, 4.69) is 26.1 Å². The van der Waals surface area contributed by atoms with Gasteiger partial charge in [0.2, 0.25) is 0 Å². The van der Waals surface area contributed by atoms with Crippen LogP contribution < -0.4 is 19.7 Å². The zero-order valence-corrected chi connectivity index (χ0v) is 15.9. The Morgan fingerprint density at radius 1 is 1.08 bits per heavy atom. The minimum Gasteiger partial charge on any atom is -0.486 e. The van der Waals surface area contributed by atoms with E-state index >= 15 is 0 Å². The molecular formula is C20H33N2O3+. The maximum atomic E-state index is 12.9. The minimum absolute atomic E-state index is 0.0000526. The van der Waals surface area contributed by atoms with Crippen molar-refractivity contribution in [3.05, 3.63) is 18.2 Å². The molecule has 1 unspecified atom stereocenters. The van der Waals surface area contributed by atoms with Gasteiger partial charge in [0.25, 0.3) is 5.91 Å². The lowest BCUT2D eigenvalue weighted by molar-refractivity contribution is -0.912. The average molecular weight is 349 g/mol. The second-order valence-corrected chi connectivity index (χ2v) is 6.61. The summed E-state index contributed by atoms with van der Waals surface area (Å²) in [6.07, 6.45) is 5.70. The van der Waals surface area contributed by atoms with Crippen molar-refractivity contribution in [1.82, 2.24) is 0 Å². The number of anilines is 1. The van der Waals surface area contributed by atoms with Gasteiger partial charge in [-0.25, -0.2) is 0 Å². The molecule has 1 atom stereocenters. The number of fused-ring (bicyclic) bond motifs is 1. The molecule has 0 saturated carbocycles. The molecule has 0 fully saturated rings. The van der Waals surface area contributed by atoms with E-state index in [9.17, 15) is 4.79 Å². The number of carbonyl (C=O) groups excluding carboxylic acids is 1. The number of amides is 1. The zero-order valence-electron chi connectivity index (χ0n) is 15.9. The van der Waals surface area contributed by atoms with Crippen LogP contribution in [0.3, 0.4) is 0 Å². The molecule has 2 rings (SSSR count). The summed E-state index contributed by atoms with van der Waals surface area (Å²) >= 11 is 0. The molecule has 2 N–H and O–H groups in total. The van der Waals surface area contributed by atoms with Crippen LogP contribution in [0.15, 0.2) is 18.2 Å². The molecule has 0 bridgehead atoms. The molecular weight excluding hydrogens is 316 g/mol. The average Bonchev–Trinajstić information content (AvgIpc) is 2.64. The summed E-state index contributed by atoms with van der Waals surface area (Å²) in [5.41, 5.74) is 0.777. The highest BCUT2D eigenvalue weighted by Gasteiger charge is 2.27. The standard InChI is InChI=1S/C20H32N2O3/c1-4-7-8-9-10-17(22(5-2)6-3)20(23)21-16-11-12-18-19(15-16)25-14-13-24-18/h11-12,15,17H,4-10,13-14H2,1-3H3,(H,21,23)/p+1. The number of benzene rings is 1. The van der Waals surface area contributed by atoms with Crippen LogP contribution in [0.2, 0.25) is 0 Å². The Bertz CT molecular complexity index is 544. The van der Waals surface area contributed by atoms with Crippen molar-refractivity contribution in [2.24, 2.45) is 0 Å². The molecule has 1 aliphatic heterocycles. The van der Waals surface area contributed by atoms with E-state index in [0.29, 0.717) is 19.0 Å². The van der Waals surface area contributed by atoms with Crippen molar-refractivity contribution in [3.63, 3.8) is 0 Å². The lowest BCUT2D eigenvalue weighted by Gasteiger charge is -2.26. The van der Waals surface area contributed by atoms with Crippen LogP contribution in [0, 0.1) is 0 Å². The number of rotatable bonds is 10. The van der Waals surface area contributed by atoms with Crippen LogP contribution >= 0.6 is 0 Å². The Labute approximate surface area is 151 Å². The van der Waals surface area contributed by atoms with Crippen molar-refractivity contribution in [2.75, 3.05) is 31.6 Å². The van der Waals surface area contributed by atoms with Gasteiger partial charge in [0.05, 0.1) is 13.1 Å². The third-order valence-electron chi connectivity index (χ3n) is 4.87. The summed E-state index contributed by atoms with van der Waals surface area (Å²) in [5.74, 6) is 1.56. The number of likely N-dealkylation sites (N-methyl/N-ethyl adjacent to an activating group) is 1. The highest BCUT2D eigenvalue weighted by Crippen LogP contribution is 2.32. The maximum Gasteiger partial charge on any atom is 0.282 e. The topological polar surface area (TPSA) is 52.0 Å². The highest BCUT2D eigenvalue weighted by molar-refractivity contribution is 5.94. The fourth-order valence-corrected chi connectivity index (χ4v) is 3.39. The number of hydrogen-bond acceptors (Lipinski definition) is 3. The van der Waals surface area contributed by atoms with Gasteiger partial charge in [-0.15, -0.1) is 0 Å². The summed E-state index contributed by atoms with van der Waals surface area (Å²) in [7, 11) is 0. The molecule has 0 spiro atoms. The smallest absolute Gasteiger partial charge is 0.282 e. The molecule has 1 heterocycles. The molecule has 0 radical (unpaired) electrons. The molecule has 0 aliphatic carbocycles. The molecule has 5 nitrogen and oxygen atoms in total. The Morgan fingerprint density at radius 2 is 1.80 bits per heavy atom. The van der Waals surface area contributed by atoms with Crippen molar-refractivity contribution < 1.29 is 19.2 Å². The van der Waals surface area contributed by atoms with Crippen LogP contribution in [0.4, 0.5) is 5.69 Å². The van der Waals surface area contributed by atoms with Crippen molar-refractivity contribution in [3.8, 4) is 11.5 Å². The molecule has 0 aromatic heterocycles. The van der Waals surface area contributed by atoms with E-state index in [0.717, 1.165) is 37.4 Å². The van der Waals surface area contributed by atoms with Gasteiger partial charge in [0.15, 0.2) is 17.5 Å². The lowest BCUT2D eigenvalue weighted by Crippen LogP contribution is -3.16. The first-order valence-corrected chi connectivity index (χ1v) is 9.74. The van der Waals surface area contributed by atoms with Gasteiger partial charge in [-0.3, -0.25) is 4.79 Å². The minimum atomic E-state index is 0.0000526. The van der Waals surface area contributed by atoms with E-state index in [1.165, 1.54) is 24.2 Å². The van der Waals surface area contributed by atoms with Gasteiger partial charge in [-0.2, -0.15) is 0 Å². The van der Waals surface area contributed by atoms with E-state index < -0.39 is 0 Å². The summed E-state index contributed by atoms with van der Waals surface area (Å²) in [6.45, 7) is 9.55. The molecule has 25 heavy (non-hydrogen) atoms. The van der Waals surface area contributed by atoms with Crippen LogP contribution in [-0.2, 0) is 4.79 Å². The van der Waals surface area contributed by atoms with E-state index in [-0.39, 0.29) is 11.9 Å². The van der Waals surface area contributed by atoms with Crippen LogP contribution in [0.5, 0.6) is 11.5 Å². The predicted octanol–water partition coefficient (Wildman–Crippen LogP) is 2.66. The van der Waals surface area contributed by atoms with Crippen molar-refractivity contribution in [1.29, 1.82) is 0 Å². The number of carbonyl (C=O) groups is 1. The SMILES string of the molecule is CCCCCCC(C(=O)Nc1ccc2c(c1)OCCO2)[NH+](CC)CC. The molecule has 5 heteroatoms. The van der Waals surface area contributed by atoms with Gasteiger partial charge in [-0.05, 0) is 32.4 Å². The maximum absolute atomic E-state index is 12.9. The lowest BCUT2D eigenvalue weighted by atomic mass is 10.0. The molecule has 0 saturated heterocycles. The van der Waals surface area contributed by atoms with Crippen molar-refractivity contribution >= 4 is 11.6 Å². The second kappa shape index (κ2) is 10.3. The Morgan fingerprint density at radius 3 is 2.48 bits per heavy atom. The quantitative estimate of drug-likeness (QED) is 0.639. The van der Waals surface area contributed by atoms with Crippen LogP contribution in [0.25, 0.3) is 0 Å². The fraction of sp³-hybridized carbons (Fsp3) is 0.650. The summed E-state index contributed by atoms with van der Waals surface area (Å²) < 4.78 is 11.1. The third-order valence-corrected chi connectivity index (χ3v) is 4.87. The second-order valence-electron chi connectivity index (χ2n) is 6.61. The Hall–Kier alpha value is -1.75. The Balaban J connectivity index is 2.02. The van der Waals surface area contributed by atoms with Crippen LogP contribution in [-0.4, -0.2) is 38.3 Å². The molecule has 1 aromatic rings. The van der Waals surface area contributed by atoms with E-state index in [1.54, 1.807) is 0 Å². The number of quaternary nitrogens is 1. The first-order chi connectivity index (χ1) is 12.2. The first-order valence-electron chi connectivity index (χ1n) is 9.74. The fourth-order valence-electron chi connectivity index (χ4n) is 3.39. The number of ether oxygens (including phenoxy) is 2. The van der Waals surface area contributed by atoms with Crippen LogP contribution in [0.1, 0.15) is 52.9 Å². The Kier molecular flexibility index (Phi) is 8.06.